The minimum absolute atomic E-state index is 0.226. The van der Waals surface area contributed by atoms with Crippen LogP contribution in [0.2, 0.25) is 0 Å². The van der Waals surface area contributed by atoms with Crippen molar-refractivity contribution in [2.75, 3.05) is 11.5 Å². The molecule has 0 bridgehead atoms. The van der Waals surface area contributed by atoms with Crippen molar-refractivity contribution in [3.05, 3.63) is 0 Å². The Labute approximate surface area is 77.7 Å². The van der Waals surface area contributed by atoms with Crippen LogP contribution in [0.15, 0.2) is 0 Å². The Balaban J connectivity index is 4.51. The van der Waals surface area contributed by atoms with E-state index < -0.39 is 11.5 Å². The molecule has 0 rings (SSSR count). The molecule has 0 aromatic heterocycles. The van der Waals surface area contributed by atoms with E-state index >= 15 is 0 Å². The highest BCUT2D eigenvalue weighted by Crippen LogP contribution is 2.78. The van der Waals surface area contributed by atoms with Crippen molar-refractivity contribution < 1.29 is 17.7 Å². The molecule has 0 aliphatic heterocycles. The minimum Gasteiger partial charge on any atom is -0.291 e. The third kappa shape index (κ3) is 3.23. The average Bonchev–Trinajstić information content (AvgIpc) is 1.86. The van der Waals surface area contributed by atoms with Crippen molar-refractivity contribution in [1.82, 2.24) is 0 Å². The molecule has 0 unspecified atom stereocenters. The summed E-state index contributed by atoms with van der Waals surface area (Å²) >= 11 is 1.01. The van der Waals surface area contributed by atoms with E-state index in [1.807, 2.05) is 0 Å². The molecule has 0 saturated heterocycles. The van der Waals surface area contributed by atoms with Gasteiger partial charge in [-0.1, -0.05) is 36.6 Å². The van der Waals surface area contributed by atoms with Crippen molar-refractivity contribution in [1.29, 1.82) is 0 Å². The first kappa shape index (κ1) is 12.7. The molecule has 0 N–H and O–H groups in total. The quantitative estimate of drug-likeness (QED) is 0.683. The van der Waals surface area contributed by atoms with Crippen LogP contribution in [-0.4, -0.2) is 17.4 Å². The van der Waals surface area contributed by atoms with E-state index in [2.05, 4.69) is 0 Å². The van der Waals surface area contributed by atoms with Crippen LogP contribution in [0.4, 0.5) is 13.2 Å². The maximum absolute atomic E-state index is 12.2. The summed E-state index contributed by atoms with van der Waals surface area (Å²) in [6.07, 6.45) is 0. The lowest BCUT2D eigenvalue weighted by Crippen LogP contribution is -2.04. The van der Waals surface area contributed by atoms with Crippen molar-refractivity contribution in [2.24, 2.45) is 0 Å². The largest absolute Gasteiger partial charge is 0.459 e. The SMILES string of the molecule is CCSP(=O)(SCC)C(F)(F)F. The van der Waals surface area contributed by atoms with E-state index in [-0.39, 0.29) is 11.5 Å². The molecule has 7 heteroatoms. The first-order valence-corrected chi connectivity index (χ1v) is 8.22. The zero-order chi connectivity index (χ0) is 9.83. The third-order valence-electron chi connectivity index (χ3n) is 0.909. The molecule has 12 heavy (non-hydrogen) atoms. The van der Waals surface area contributed by atoms with Gasteiger partial charge in [-0.15, -0.1) is 0 Å². The number of halogens is 3. The van der Waals surface area contributed by atoms with Gasteiger partial charge in [-0.25, -0.2) is 0 Å². The van der Waals surface area contributed by atoms with Crippen molar-refractivity contribution in [3.63, 3.8) is 0 Å². The first-order chi connectivity index (χ1) is 5.37. The Morgan fingerprint density at radius 1 is 1.17 bits per heavy atom. The van der Waals surface area contributed by atoms with Gasteiger partial charge in [0.2, 0.25) is 0 Å². The molecule has 0 radical (unpaired) electrons. The lowest BCUT2D eigenvalue weighted by Gasteiger charge is -2.17. The molecule has 0 heterocycles. The molecule has 74 valence electrons. The van der Waals surface area contributed by atoms with Crippen LogP contribution in [0.1, 0.15) is 13.8 Å². The predicted octanol–water partition coefficient (Wildman–Crippen LogP) is 4.21. The van der Waals surface area contributed by atoms with Gasteiger partial charge in [0.15, 0.2) is 0 Å². The van der Waals surface area contributed by atoms with Gasteiger partial charge in [-0.2, -0.15) is 13.2 Å². The Morgan fingerprint density at radius 3 is 1.67 bits per heavy atom. The summed E-state index contributed by atoms with van der Waals surface area (Å²) in [5.74, 6) is -4.11. The van der Waals surface area contributed by atoms with Gasteiger partial charge >= 0.3 is 5.92 Å². The van der Waals surface area contributed by atoms with Crippen LogP contribution >= 0.6 is 28.3 Å². The van der Waals surface area contributed by atoms with E-state index in [1.165, 1.54) is 0 Å². The zero-order valence-electron chi connectivity index (χ0n) is 6.72. The van der Waals surface area contributed by atoms with Crippen LogP contribution in [-0.2, 0) is 4.57 Å². The number of hydrogen-bond donors (Lipinski definition) is 0. The zero-order valence-corrected chi connectivity index (χ0v) is 9.25. The number of hydrogen-bond acceptors (Lipinski definition) is 3. The highest BCUT2D eigenvalue weighted by atomic mass is 33.1. The van der Waals surface area contributed by atoms with Crippen molar-refractivity contribution in [2.45, 2.75) is 19.8 Å². The minimum atomic E-state index is -4.56. The molecule has 0 atom stereocenters. The second-order valence-electron chi connectivity index (χ2n) is 1.80. The van der Waals surface area contributed by atoms with Gasteiger partial charge in [0.25, 0.3) is 5.55 Å². The highest BCUT2D eigenvalue weighted by molar-refractivity contribution is 8.90. The van der Waals surface area contributed by atoms with E-state index in [0.717, 1.165) is 0 Å². The van der Waals surface area contributed by atoms with Crippen LogP contribution in [0.25, 0.3) is 0 Å². The van der Waals surface area contributed by atoms with Crippen LogP contribution < -0.4 is 0 Å². The smallest absolute Gasteiger partial charge is 0.291 e. The van der Waals surface area contributed by atoms with Crippen LogP contribution in [0.5, 0.6) is 0 Å². The fourth-order valence-electron chi connectivity index (χ4n) is 0.524. The summed E-state index contributed by atoms with van der Waals surface area (Å²) in [5, 5.41) is 0. The maximum Gasteiger partial charge on any atom is 0.459 e. The number of rotatable bonds is 4. The fourth-order valence-corrected chi connectivity index (χ4v) is 7.28. The first-order valence-electron chi connectivity index (χ1n) is 3.33. The van der Waals surface area contributed by atoms with E-state index in [9.17, 15) is 17.7 Å². The van der Waals surface area contributed by atoms with Crippen LogP contribution in [0, 0.1) is 0 Å². The van der Waals surface area contributed by atoms with Gasteiger partial charge in [0.05, 0.1) is 0 Å². The fraction of sp³-hybridized carbons (Fsp3) is 1.00. The molecule has 1 nitrogen and oxygen atoms in total. The highest BCUT2D eigenvalue weighted by Gasteiger charge is 2.51. The Hall–Kier alpha value is 0.720. The second kappa shape index (κ2) is 4.82. The lowest BCUT2D eigenvalue weighted by atomic mass is 11.0. The molecule has 0 spiro atoms. The maximum atomic E-state index is 12.2. The predicted molar refractivity (Wildman–Crippen MR) is 49.9 cm³/mol. The molecule has 0 aromatic rings. The average molecular weight is 238 g/mol. The van der Waals surface area contributed by atoms with Gasteiger partial charge in [-0.3, -0.25) is 4.57 Å². The summed E-state index contributed by atoms with van der Waals surface area (Å²) < 4.78 is 47.8. The molecule has 0 aliphatic carbocycles. The summed E-state index contributed by atoms with van der Waals surface area (Å²) in [5.41, 5.74) is -4.07. The molecular weight excluding hydrogens is 228 g/mol. The normalized spacial score (nSPS) is 13.4. The summed E-state index contributed by atoms with van der Waals surface area (Å²) in [7, 11) is 0. The van der Waals surface area contributed by atoms with Gasteiger partial charge < -0.3 is 0 Å². The summed E-state index contributed by atoms with van der Waals surface area (Å²) in [6.45, 7) is 3.14. The van der Waals surface area contributed by atoms with Crippen molar-refractivity contribution in [3.8, 4) is 0 Å². The molecule has 0 aromatic carbocycles. The molecule has 0 amide bonds. The molecule has 0 aliphatic rings. The van der Waals surface area contributed by atoms with Gasteiger partial charge in [-0.05, 0) is 11.5 Å². The number of alkyl halides is 3. The Kier molecular flexibility index (Phi) is 5.11. The van der Waals surface area contributed by atoms with Gasteiger partial charge in [0, 0.05) is 0 Å². The Morgan fingerprint density at radius 2 is 1.50 bits per heavy atom. The third-order valence-corrected chi connectivity index (χ3v) is 9.45. The second-order valence-corrected chi connectivity index (χ2v) is 10.3. The van der Waals surface area contributed by atoms with E-state index in [0.29, 0.717) is 22.8 Å². The Bertz CT molecular complexity index is 172. The summed E-state index contributed by atoms with van der Waals surface area (Å²) in [4.78, 5) is 0. The molecule has 0 saturated carbocycles. The lowest BCUT2D eigenvalue weighted by molar-refractivity contribution is -0.0413. The van der Waals surface area contributed by atoms with Gasteiger partial charge in [0.1, 0.15) is 0 Å². The van der Waals surface area contributed by atoms with E-state index in [4.69, 9.17) is 0 Å². The molecular formula is C5H10F3OPS2. The standard InChI is InChI=1S/C5H10F3OPS2/c1-3-11-10(9,12-4-2)5(6,7)8/h3-4H2,1-2H3. The van der Waals surface area contributed by atoms with Crippen molar-refractivity contribution >= 4 is 28.3 Å². The van der Waals surface area contributed by atoms with E-state index in [1.54, 1.807) is 13.8 Å². The topological polar surface area (TPSA) is 17.1 Å². The van der Waals surface area contributed by atoms with Crippen LogP contribution in [0.3, 0.4) is 0 Å². The monoisotopic (exact) mass is 238 g/mol. The summed E-state index contributed by atoms with van der Waals surface area (Å²) in [6, 6.07) is 0. The molecule has 0 fully saturated rings.